The average molecular weight is 192 g/mol. The number of halogens is 2. The van der Waals surface area contributed by atoms with Crippen molar-refractivity contribution in [3.63, 3.8) is 0 Å². The number of likely N-dealkylation sites (tertiary alicyclic amines) is 1. The third-order valence-electron chi connectivity index (χ3n) is 2.81. The summed E-state index contributed by atoms with van der Waals surface area (Å²) >= 11 is 0. The van der Waals surface area contributed by atoms with Crippen LogP contribution in [0.25, 0.3) is 0 Å². The summed E-state index contributed by atoms with van der Waals surface area (Å²) in [6.07, 6.45) is -0.148. The molecule has 1 saturated heterocycles. The minimum absolute atomic E-state index is 0.0995. The van der Waals surface area contributed by atoms with E-state index in [9.17, 15) is 8.78 Å². The van der Waals surface area contributed by atoms with E-state index in [1.54, 1.807) is 0 Å². The van der Waals surface area contributed by atoms with Crippen LogP contribution in [-0.2, 0) is 0 Å². The lowest BCUT2D eigenvalue weighted by Crippen LogP contribution is -2.45. The molecule has 0 aromatic heterocycles. The highest BCUT2D eigenvalue weighted by molar-refractivity contribution is 4.79. The first-order valence-corrected chi connectivity index (χ1v) is 4.85. The Morgan fingerprint density at radius 3 is 2.69 bits per heavy atom. The molecule has 0 bridgehead atoms. The molecule has 78 valence electrons. The summed E-state index contributed by atoms with van der Waals surface area (Å²) in [4.78, 5) is 1.85. The van der Waals surface area contributed by atoms with Gasteiger partial charge in [0.1, 0.15) is 0 Å². The van der Waals surface area contributed by atoms with Crippen molar-refractivity contribution in [1.29, 1.82) is 0 Å². The Morgan fingerprint density at radius 2 is 2.15 bits per heavy atom. The largest absolute Gasteiger partial charge is 0.330 e. The molecule has 0 spiro atoms. The van der Waals surface area contributed by atoms with Gasteiger partial charge in [-0.2, -0.15) is 0 Å². The Bertz CT molecular complexity index is 153. The van der Waals surface area contributed by atoms with Gasteiger partial charge in [-0.25, -0.2) is 8.78 Å². The molecule has 0 amide bonds. The van der Waals surface area contributed by atoms with E-state index in [-0.39, 0.29) is 12.6 Å². The Kier molecular flexibility index (Phi) is 4.06. The second-order valence-electron chi connectivity index (χ2n) is 3.87. The quantitative estimate of drug-likeness (QED) is 0.730. The van der Waals surface area contributed by atoms with Crippen LogP contribution >= 0.6 is 0 Å². The number of alkyl halides is 2. The van der Waals surface area contributed by atoms with Crippen molar-refractivity contribution >= 4 is 0 Å². The zero-order chi connectivity index (χ0) is 9.84. The van der Waals surface area contributed by atoms with Crippen LogP contribution in [0.5, 0.6) is 0 Å². The Labute approximate surface area is 78.1 Å². The second-order valence-corrected chi connectivity index (χ2v) is 3.87. The fourth-order valence-corrected chi connectivity index (χ4v) is 1.89. The van der Waals surface area contributed by atoms with Gasteiger partial charge in [0.05, 0.1) is 6.54 Å². The monoisotopic (exact) mass is 192 g/mol. The molecule has 0 radical (unpaired) electrons. The molecule has 0 saturated carbocycles. The number of hydrogen-bond donors (Lipinski definition) is 1. The van der Waals surface area contributed by atoms with Crippen molar-refractivity contribution in [2.45, 2.75) is 32.2 Å². The molecular formula is C9H18F2N2. The molecule has 2 unspecified atom stereocenters. The van der Waals surface area contributed by atoms with E-state index in [1.807, 2.05) is 11.8 Å². The lowest BCUT2D eigenvalue weighted by molar-refractivity contribution is 0.0392. The van der Waals surface area contributed by atoms with Crippen LogP contribution in [0.2, 0.25) is 0 Å². The van der Waals surface area contributed by atoms with E-state index in [0.717, 1.165) is 19.4 Å². The summed E-state index contributed by atoms with van der Waals surface area (Å²) < 4.78 is 24.3. The van der Waals surface area contributed by atoms with Crippen LogP contribution in [0.3, 0.4) is 0 Å². The Balaban J connectivity index is 2.40. The predicted octanol–water partition coefficient (Wildman–Crippen LogP) is 1.31. The van der Waals surface area contributed by atoms with Crippen molar-refractivity contribution in [1.82, 2.24) is 4.90 Å². The first-order chi connectivity index (χ1) is 6.13. The Morgan fingerprint density at radius 1 is 1.46 bits per heavy atom. The van der Waals surface area contributed by atoms with E-state index >= 15 is 0 Å². The summed E-state index contributed by atoms with van der Waals surface area (Å²) in [5.41, 5.74) is 5.53. The van der Waals surface area contributed by atoms with Crippen molar-refractivity contribution in [3.05, 3.63) is 0 Å². The van der Waals surface area contributed by atoms with E-state index in [1.165, 1.54) is 0 Å². The van der Waals surface area contributed by atoms with Crippen molar-refractivity contribution in [3.8, 4) is 0 Å². The van der Waals surface area contributed by atoms with E-state index in [2.05, 4.69) is 0 Å². The number of nitrogens with two attached hydrogens (primary N) is 1. The molecular weight excluding hydrogens is 174 g/mol. The van der Waals surface area contributed by atoms with E-state index in [0.29, 0.717) is 12.5 Å². The lowest BCUT2D eigenvalue weighted by atomic mass is 9.94. The van der Waals surface area contributed by atoms with Crippen LogP contribution in [0, 0.1) is 5.92 Å². The maximum absolute atomic E-state index is 12.2. The number of nitrogens with zero attached hydrogens (tertiary/aromatic N) is 1. The maximum Gasteiger partial charge on any atom is 0.251 e. The van der Waals surface area contributed by atoms with E-state index < -0.39 is 6.43 Å². The molecule has 1 aliphatic heterocycles. The molecule has 0 aromatic carbocycles. The van der Waals surface area contributed by atoms with Crippen LogP contribution in [0.1, 0.15) is 19.8 Å². The molecule has 1 fully saturated rings. The molecule has 0 aromatic rings. The van der Waals surface area contributed by atoms with Crippen molar-refractivity contribution < 1.29 is 8.78 Å². The van der Waals surface area contributed by atoms with Crippen LogP contribution in [0.4, 0.5) is 8.78 Å². The number of piperidine rings is 1. The van der Waals surface area contributed by atoms with Gasteiger partial charge in [0.25, 0.3) is 6.43 Å². The van der Waals surface area contributed by atoms with Gasteiger partial charge in [0.2, 0.25) is 0 Å². The molecule has 13 heavy (non-hydrogen) atoms. The highest BCUT2D eigenvalue weighted by Gasteiger charge is 2.26. The normalized spacial score (nSPS) is 31.2. The highest BCUT2D eigenvalue weighted by atomic mass is 19.3. The highest BCUT2D eigenvalue weighted by Crippen LogP contribution is 2.21. The summed E-state index contributed by atoms with van der Waals surface area (Å²) in [5.74, 6) is 0.412. The van der Waals surface area contributed by atoms with Gasteiger partial charge >= 0.3 is 0 Å². The zero-order valence-electron chi connectivity index (χ0n) is 8.05. The molecule has 1 aliphatic rings. The van der Waals surface area contributed by atoms with E-state index in [4.69, 9.17) is 5.73 Å². The molecule has 2 nitrogen and oxygen atoms in total. The maximum atomic E-state index is 12.2. The van der Waals surface area contributed by atoms with Crippen LogP contribution in [0.15, 0.2) is 0 Å². The average Bonchev–Trinajstić information content (AvgIpc) is 2.08. The molecule has 1 rings (SSSR count). The molecule has 1 heterocycles. The standard InChI is InChI=1S/C9H18F2N2/c1-7-2-3-8(4-12)5-13(7)6-9(10)11/h7-9H,2-6,12H2,1H3. The van der Waals surface area contributed by atoms with Crippen molar-refractivity contribution in [2.24, 2.45) is 11.7 Å². The lowest BCUT2D eigenvalue weighted by Gasteiger charge is -2.37. The first kappa shape index (κ1) is 10.9. The van der Waals surface area contributed by atoms with Gasteiger partial charge in [0, 0.05) is 12.6 Å². The third kappa shape index (κ3) is 3.19. The molecule has 2 atom stereocenters. The fraction of sp³-hybridized carbons (Fsp3) is 1.00. The Hall–Kier alpha value is -0.220. The van der Waals surface area contributed by atoms with Gasteiger partial charge in [-0.05, 0) is 32.2 Å². The SMILES string of the molecule is CC1CCC(CN)CN1CC(F)F. The number of hydrogen-bond acceptors (Lipinski definition) is 2. The zero-order valence-corrected chi connectivity index (χ0v) is 8.05. The molecule has 4 heteroatoms. The topological polar surface area (TPSA) is 29.3 Å². The third-order valence-corrected chi connectivity index (χ3v) is 2.81. The summed E-state index contributed by atoms with van der Waals surface area (Å²) in [6, 6.07) is 0.289. The minimum atomic E-state index is -2.22. The number of rotatable bonds is 3. The van der Waals surface area contributed by atoms with Crippen LogP contribution in [-0.4, -0.2) is 37.0 Å². The van der Waals surface area contributed by atoms with Gasteiger partial charge in [-0.3, -0.25) is 4.90 Å². The smallest absolute Gasteiger partial charge is 0.251 e. The predicted molar refractivity (Wildman–Crippen MR) is 48.8 cm³/mol. The van der Waals surface area contributed by atoms with Gasteiger partial charge in [-0.15, -0.1) is 0 Å². The fourth-order valence-electron chi connectivity index (χ4n) is 1.89. The van der Waals surface area contributed by atoms with Gasteiger partial charge < -0.3 is 5.73 Å². The van der Waals surface area contributed by atoms with Gasteiger partial charge in [-0.1, -0.05) is 0 Å². The molecule has 0 aliphatic carbocycles. The van der Waals surface area contributed by atoms with Gasteiger partial charge in [0.15, 0.2) is 0 Å². The first-order valence-electron chi connectivity index (χ1n) is 4.85. The van der Waals surface area contributed by atoms with Crippen molar-refractivity contribution in [2.75, 3.05) is 19.6 Å². The second kappa shape index (κ2) is 4.86. The minimum Gasteiger partial charge on any atom is -0.330 e. The molecule has 2 N–H and O–H groups in total. The summed E-state index contributed by atoms with van der Waals surface area (Å²) in [6.45, 7) is 3.27. The summed E-state index contributed by atoms with van der Waals surface area (Å²) in [5, 5.41) is 0. The van der Waals surface area contributed by atoms with Crippen LogP contribution < -0.4 is 5.73 Å². The summed E-state index contributed by atoms with van der Waals surface area (Å²) in [7, 11) is 0.